The predicted octanol–water partition coefficient (Wildman–Crippen LogP) is 0.676. The summed E-state index contributed by atoms with van der Waals surface area (Å²) in [5, 5.41) is 2.71. The van der Waals surface area contributed by atoms with Crippen LogP contribution in [0.25, 0.3) is 0 Å². The number of hydrogen-bond acceptors (Lipinski definition) is 3. The van der Waals surface area contributed by atoms with E-state index < -0.39 is 23.7 Å². The number of carbonyl (C=O) groups excluding carboxylic acids is 3. The fraction of sp³-hybridized carbons (Fsp3) is 0.100. The Balaban J connectivity index is 2.13. The number of rotatable bonds is 2. The number of halogens is 2. The number of urea groups is 1. The zero-order valence-electron chi connectivity index (χ0n) is 8.87. The highest BCUT2D eigenvalue weighted by atomic mass is 35.5. The maximum Gasteiger partial charge on any atom is 0.343 e. The van der Waals surface area contributed by atoms with Crippen molar-refractivity contribution in [2.45, 2.75) is 0 Å². The van der Waals surface area contributed by atoms with E-state index in [0.717, 1.165) is 17.1 Å². The fourth-order valence-corrected chi connectivity index (χ4v) is 1.64. The summed E-state index contributed by atoms with van der Waals surface area (Å²) < 4.78 is 12.8. The number of nitrogens with one attached hydrogen (secondary N) is 2. The second-order valence-corrected chi connectivity index (χ2v) is 3.91. The molecule has 6 nitrogen and oxygen atoms in total. The average molecular weight is 272 g/mol. The molecule has 18 heavy (non-hydrogen) atoms. The minimum absolute atomic E-state index is 0.00483. The first-order chi connectivity index (χ1) is 8.47. The molecule has 1 aromatic carbocycles. The Bertz CT molecular complexity index is 549. The molecule has 1 aliphatic heterocycles. The van der Waals surface area contributed by atoms with Gasteiger partial charge in [0.25, 0.3) is 5.91 Å². The Morgan fingerprint density at radius 2 is 2.17 bits per heavy atom. The van der Waals surface area contributed by atoms with Crippen molar-refractivity contribution in [3.05, 3.63) is 34.6 Å². The molecule has 1 aliphatic rings. The highest BCUT2D eigenvalue weighted by Gasteiger charge is 2.28. The van der Waals surface area contributed by atoms with Gasteiger partial charge in [0.15, 0.2) is 0 Å². The maximum atomic E-state index is 12.8. The third kappa shape index (κ3) is 2.40. The molecule has 0 spiro atoms. The average Bonchev–Trinajstić information content (AvgIpc) is 2.57. The smallest absolute Gasteiger partial charge is 0.275 e. The molecule has 94 valence electrons. The molecule has 0 radical (unpaired) electrons. The molecule has 2 N–H and O–H groups in total. The SMILES string of the molecule is O=C1CN(NC(=O)c2ccc(F)cc2Cl)C(=O)N1. The van der Waals surface area contributed by atoms with Gasteiger partial charge in [0.1, 0.15) is 12.4 Å². The van der Waals surface area contributed by atoms with Crippen LogP contribution >= 0.6 is 11.6 Å². The van der Waals surface area contributed by atoms with Gasteiger partial charge in [0.2, 0.25) is 5.91 Å². The minimum Gasteiger partial charge on any atom is -0.275 e. The van der Waals surface area contributed by atoms with Crippen LogP contribution in [0.4, 0.5) is 9.18 Å². The number of nitrogens with zero attached hydrogens (tertiary/aromatic N) is 1. The molecule has 0 aliphatic carbocycles. The molecule has 0 bridgehead atoms. The molecule has 1 saturated heterocycles. The van der Waals surface area contributed by atoms with Crippen molar-refractivity contribution >= 4 is 29.4 Å². The third-order valence-corrected chi connectivity index (χ3v) is 2.52. The van der Waals surface area contributed by atoms with Crippen LogP contribution in [0.5, 0.6) is 0 Å². The van der Waals surface area contributed by atoms with Gasteiger partial charge < -0.3 is 0 Å². The van der Waals surface area contributed by atoms with Crippen molar-refractivity contribution in [3.63, 3.8) is 0 Å². The van der Waals surface area contributed by atoms with Crippen molar-refractivity contribution in [3.8, 4) is 0 Å². The number of benzene rings is 1. The van der Waals surface area contributed by atoms with E-state index in [1.54, 1.807) is 0 Å². The van der Waals surface area contributed by atoms with Gasteiger partial charge in [-0.05, 0) is 18.2 Å². The molecule has 0 aromatic heterocycles. The van der Waals surface area contributed by atoms with Crippen LogP contribution in [-0.2, 0) is 4.79 Å². The van der Waals surface area contributed by atoms with Crippen molar-refractivity contribution in [1.29, 1.82) is 0 Å². The first-order valence-corrected chi connectivity index (χ1v) is 5.22. The molecule has 0 atom stereocenters. The normalized spacial score (nSPS) is 14.7. The largest absolute Gasteiger partial charge is 0.343 e. The van der Waals surface area contributed by atoms with E-state index >= 15 is 0 Å². The fourth-order valence-electron chi connectivity index (χ4n) is 1.39. The summed E-state index contributed by atoms with van der Waals surface area (Å²) in [5.41, 5.74) is 2.20. The van der Waals surface area contributed by atoms with E-state index in [9.17, 15) is 18.8 Å². The lowest BCUT2D eigenvalue weighted by Crippen LogP contribution is -2.44. The molecule has 1 heterocycles. The standard InChI is InChI=1S/C10H7ClFN3O3/c11-7-3-5(12)1-2-6(7)9(17)14-15-4-8(16)13-10(15)18/h1-3H,4H2,(H,14,17)(H,13,16,18). The Morgan fingerprint density at radius 1 is 1.44 bits per heavy atom. The highest BCUT2D eigenvalue weighted by molar-refractivity contribution is 6.33. The van der Waals surface area contributed by atoms with E-state index in [1.165, 1.54) is 6.07 Å². The zero-order chi connectivity index (χ0) is 13.3. The van der Waals surface area contributed by atoms with E-state index in [2.05, 4.69) is 5.43 Å². The second-order valence-electron chi connectivity index (χ2n) is 3.50. The molecule has 1 fully saturated rings. The van der Waals surface area contributed by atoms with E-state index in [-0.39, 0.29) is 17.1 Å². The van der Waals surface area contributed by atoms with Crippen molar-refractivity contribution in [1.82, 2.24) is 15.8 Å². The van der Waals surface area contributed by atoms with Crippen LogP contribution < -0.4 is 10.7 Å². The van der Waals surface area contributed by atoms with Gasteiger partial charge in [-0.2, -0.15) is 0 Å². The molecule has 0 saturated carbocycles. The van der Waals surface area contributed by atoms with Gasteiger partial charge in [-0.3, -0.25) is 20.3 Å². The number of amides is 4. The van der Waals surface area contributed by atoms with Gasteiger partial charge in [-0.1, -0.05) is 11.6 Å². The van der Waals surface area contributed by atoms with Crippen molar-refractivity contribution in [2.24, 2.45) is 0 Å². The van der Waals surface area contributed by atoms with E-state index in [1.807, 2.05) is 5.32 Å². The molecule has 4 amide bonds. The quantitative estimate of drug-likeness (QED) is 0.776. The van der Waals surface area contributed by atoms with Crippen molar-refractivity contribution in [2.75, 3.05) is 6.54 Å². The second kappa shape index (κ2) is 4.61. The van der Waals surface area contributed by atoms with Crippen LogP contribution in [0.2, 0.25) is 5.02 Å². The maximum absolute atomic E-state index is 12.8. The minimum atomic E-state index is -0.730. The molecular weight excluding hydrogens is 265 g/mol. The van der Waals surface area contributed by atoms with Crippen LogP contribution in [-0.4, -0.2) is 29.4 Å². The van der Waals surface area contributed by atoms with Gasteiger partial charge >= 0.3 is 6.03 Å². The lowest BCUT2D eigenvalue weighted by Gasteiger charge is -2.14. The summed E-state index contributed by atoms with van der Waals surface area (Å²) in [6, 6.07) is 2.50. The van der Waals surface area contributed by atoms with Gasteiger partial charge in [-0.15, -0.1) is 0 Å². The lowest BCUT2D eigenvalue weighted by atomic mass is 10.2. The molecule has 1 aromatic rings. The first kappa shape index (κ1) is 12.3. The van der Waals surface area contributed by atoms with Crippen LogP contribution in [0.1, 0.15) is 10.4 Å². The Morgan fingerprint density at radius 3 is 2.72 bits per heavy atom. The summed E-state index contributed by atoms with van der Waals surface area (Å²) in [4.78, 5) is 33.8. The third-order valence-electron chi connectivity index (χ3n) is 2.21. The predicted molar refractivity (Wildman–Crippen MR) is 59.1 cm³/mol. The molecule has 0 unspecified atom stereocenters. The Hall–Kier alpha value is -2.15. The van der Waals surface area contributed by atoms with E-state index in [4.69, 9.17) is 11.6 Å². The van der Waals surface area contributed by atoms with E-state index in [0.29, 0.717) is 0 Å². The van der Waals surface area contributed by atoms with Crippen LogP contribution in [0.3, 0.4) is 0 Å². The van der Waals surface area contributed by atoms with Gasteiger partial charge in [0.05, 0.1) is 10.6 Å². The summed E-state index contributed by atoms with van der Waals surface area (Å²) in [5.74, 6) is -1.80. The summed E-state index contributed by atoms with van der Waals surface area (Å²) in [7, 11) is 0. The number of carbonyl (C=O) groups is 3. The van der Waals surface area contributed by atoms with Crippen molar-refractivity contribution < 1.29 is 18.8 Å². The Labute approximate surface area is 106 Å². The number of hydrogen-bond donors (Lipinski definition) is 2. The lowest BCUT2D eigenvalue weighted by molar-refractivity contribution is -0.118. The topological polar surface area (TPSA) is 78.5 Å². The summed E-state index contributed by atoms with van der Waals surface area (Å²) in [6.45, 7) is -0.274. The molecular formula is C10H7ClFN3O3. The summed E-state index contributed by atoms with van der Waals surface area (Å²) in [6.07, 6.45) is 0. The zero-order valence-corrected chi connectivity index (χ0v) is 9.62. The monoisotopic (exact) mass is 271 g/mol. The number of hydrazine groups is 1. The first-order valence-electron chi connectivity index (χ1n) is 4.85. The summed E-state index contributed by atoms with van der Waals surface area (Å²) >= 11 is 5.69. The van der Waals surface area contributed by atoms with Crippen LogP contribution in [0, 0.1) is 5.82 Å². The molecule has 8 heteroatoms. The van der Waals surface area contributed by atoms with Gasteiger partial charge in [0, 0.05) is 0 Å². The van der Waals surface area contributed by atoms with Crippen LogP contribution in [0.15, 0.2) is 18.2 Å². The highest BCUT2D eigenvalue weighted by Crippen LogP contribution is 2.17. The van der Waals surface area contributed by atoms with Gasteiger partial charge in [-0.25, -0.2) is 14.2 Å². The molecule has 2 rings (SSSR count). The number of imide groups is 1. The Kier molecular flexibility index (Phi) is 3.15.